The number of fused-ring (bicyclic) bond motifs is 1. The maximum Gasteiger partial charge on any atom is 0.315 e. The van der Waals surface area contributed by atoms with Crippen LogP contribution in [0.1, 0.15) is 39.0 Å². The lowest BCUT2D eigenvalue weighted by molar-refractivity contribution is -0.121. The van der Waals surface area contributed by atoms with E-state index in [1.807, 2.05) is 11.8 Å². The molecule has 3 amide bonds. The Morgan fingerprint density at radius 3 is 2.62 bits per heavy atom. The Morgan fingerprint density at radius 1 is 1.09 bits per heavy atom. The molecule has 196 valence electrons. The van der Waals surface area contributed by atoms with Gasteiger partial charge >= 0.3 is 6.03 Å². The Balaban J connectivity index is 1.03. The highest BCUT2D eigenvalue weighted by Crippen LogP contribution is 2.33. The van der Waals surface area contributed by atoms with Gasteiger partial charge in [0, 0.05) is 43.1 Å². The number of nitrogens with zero attached hydrogens (tertiary/aromatic N) is 1. The number of thioether (sulfide) groups is 1. The predicted molar refractivity (Wildman–Crippen MR) is 131 cm³/mol. The summed E-state index contributed by atoms with van der Waals surface area (Å²) in [5.41, 5.74) is 6.37. The van der Waals surface area contributed by atoms with Gasteiger partial charge in [-0.05, 0) is 19.3 Å². The van der Waals surface area contributed by atoms with Crippen LogP contribution in [0.5, 0.6) is 0 Å². The molecule has 4 atom stereocenters. The van der Waals surface area contributed by atoms with E-state index in [1.165, 1.54) is 0 Å². The standard InChI is InChI=1S/C22H42N6O5S/c1-2-17-15-28(27-26-17)8-10-32-12-14-33-13-11-31-9-7-23-20(29)6-4-3-5-19-21-18(16-34-19)24-22(30)25-21/h17-19,21,26-27H,2-16H2,1H3,(H,23,29)(H2,24,25,30)/t17?,18?,19-,21?/m0/s1. The summed E-state index contributed by atoms with van der Waals surface area (Å²) in [6.45, 7) is 7.81. The van der Waals surface area contributed by atoms with Gasteiger partial charge in [-0.3, -0.25) is 4.79 Å². The summed E-state index contributed by atoms with van der Waals surface area (Å²) < 4.78 is 16.6. The minimum Gasteiger partial charge on any atom is -0.378 e. The third kappa shape index (κ3) is 9.84. The molecular formula is C22H42N6O5S. The highest BCUT2D eigenvalue weighted by Gasteiger charge is 2.42. The molecule has 0 bridgehead atoms. The van der Waals surface area contributed by atoms with Crippen molar-refractivity contribution in [2.24, 2.45) is 0 Å². The Labute approximate surface area is 207 Å². The average molecular weight is 503 g/mol. The number of hydrazine groups is 2. The number of hydrogen-bond donors (Lipinski definition) is 5. The van der Waals surface area contributed by atoms with Crippen LogP contribution in [0.3, 0.4) is 0 Å². The molecule has 0 aromatic rings. The maximum absolute atomic E-state index is 12.0. The van der Waals surface area contributed by atoms with Crippen LogP contribution in [-0.2, 0) is 19.0 Å². The third-order valence-corrected chi connectivity index (χ3v) is 7.77. The maximum atomic E-state index is 12.0. The topological polar surface area (TPSA) is 125 Å². The summed E-state index contributed by atoms with van der Waals surface area (Å²) in [4.78, 5) is 23.4. The van der Waals surface area contributed by atoms with Gasteiger partial charge in [0.1, 0.15) is 0 Å². The van der Waals surface area contributed by atoms with Gasteiger partial charge in [0.15, 0.2) is 0 Å². The fourth-order valence-electron chi connectivity index (χ4n) is 4.26. The molecule has 34 heavy (non-hydrogen) atoms. The number of carbonyl (C=O) groups is 2. The monoisotopic (exact) mass is 502 g/mol. The number of carbonyl (C=O) groups excluding carboxylic acids is 2. The summed E-state index contributed by atoms with van der Waals surface area (Å²) in [5, 5.41) is 11.4. The summed E-state index contributed by atoms with van der Waals surface area (Å²) in [6.07, 6.45) is 4.52. The van der Waals surface area contributed by atoms with Crippen LogP contribution in [0.25, 0.3) is 0 Å². The molecule has 0 saturated carbocycles. The molecule has 3 saturated heterocycles. The smallest absolute Gasteiger partial charge is 0.315 e. The van der Waals surface area contributed by atoms with Gasteiger partial charge in [0.25, 0.3) is 0 Å². The van der Waals surface area contributed by atoms with E-state index in [0.717, 1.165) is 44.5 Å². The van der Waals surface area contributed by atoms with Crippen LogP contribution < -0.4 is 26.9 Å². The average Bonchev–Trinajstić information content (AvgIpc) is 3.53. The fourth-order valence-corrected chi connectivity index (χ4v) is 5.80. The van der Waals surface area contributed by atoms with Gasteiger partial charge in [-0.2, -0.15) is 17.3 Å². The van der Waals surface area contributed by atoms with E-state index >= 15 is 0 Å². The summed E-state index contributed by atoms with van der Waals surface area (Å²) in [5.74, 6) is 1.04. The second-order valence-electron chi connectivity index (χ2n) is 8.86. The molecule has 0 radical (unpaired) electrons. The van der Waals surface area contributed by atoms with E-state index in [1.54, 1.807) is 0 Å². The normalized spacial score (nSPS) is 26.4. The number of ether oxygens (including phenoxy) is 3. The van der Waals surface area contributed by atoms with Gasteiger partial charge in [-0.15, -0.1) is 0 Å². The number of urea groups is 1. The molecule has 5 N–H and O–H groups in total. The first-order valence-corrected chi connectivity index (χ1v) is 13.6. The van der Waals surface area contributed by atoms with Crippen molar-refractivity contribution in [2.45, 2.75) is 62.4 Å². The first kappa shape index (κ1) is 27.4. The van der Waals surface area contributed by atoms with Gasteiger partial charge in [-0.25, -0.2) is 15.2 Å². The van der Waals surface area contributed by atoms with E-state index in [0.29, 0.717) is 63.9 Å². The largest absolute Gasteiger partial charge is 0.378 e. The van der Waals surface area contributed by atoms with E-state index in [9.17, 15) is 9.59 Å². The van der Waals surface area contributed by atoms with E-state index in [4.69, 9.17) is 14.2 Å². The fraction of sp³-hybridized carbons (Fsp3) is 0.909. The highest BCUT2D eigenvalue weighted by molar-refractivity contribution is 8.00. The number of hydrogen-bond acceptors (Lipinski definition) is 9. The lowest BCUT2D eigenvalue weighted by Crippen LogP contribution is -2.38. The molecule has 3 unspecified atom stereocenters. The lowest BCUT2D eigenvalue weighted by atomic mass is 10.0. The SMILES string of the molecule is CCC1CN(CCOCCOCCOCCNC(=O)CCCC[C@@H]2SCC3NC(=O)NC32)NN1. The van der Waals surface area contributed by atoms with Crippen molar-refractivity contribution in [3.05, 3.63) is 0 Å². The molecule has 3 heterocycles. The Kier molecular flexibility index (Phi) is 12.7. The first-order chi connectivity index (χ1) is 16.7. The van der Waals surface area contributed by atoms with Crippen molar-refractivity contribution in [3.63, 3.8) is 0 Å². The molecule has 3 aliphatic heterocycles. The Bertz CT molecular complexity index is 618. The second kappa shape index (κ2) is 15.8. The zero-order valence-corrected chi connectivity index (χ0v) is 21.1. The molecule has 3 rings (SSSR count). The van der Waals surface area contributed by atoms with Crippen LogP contribution in [0.4, 0.5) is 4.79 Å². The number of nitrogens with one attached hydrogen (secondary N) is 5. The minimum atomic E-state index is -0.0492. The van der Waals surface area contributed by atoms with E-state index < -0.39 is 0 Å². The number of unbranched alkanes of at least 4 members (excludes halogenated alkanes) is 1. The molecule has 11 nitrogen and oxygen atoms in total. The third-order valence-electron chi connectivity index (χ3n) is 6.26. The van der Waals surface area contributed by atoms with E-state index in [2.05, 4.69) is 38.8 Å². The first-order valence-electron chi connectivity index (χ1n) is 12.6. The van der Waals surface area contributed by atoms with Gasteiger partial charge in [0.05, 0.1) is 51.7 Å². The van der Waals surface area contributed by atoms with Crippen molar-refractivity contribution < 1.29 is 23.8 Å². The molecule has 0 aromatic heterocycles. The van der Waals surface area contributed by atoms with E-state index in [-0.39, 0.29) is 24.0 Å². The minimum absolute atomic E-state index is 0.0492. The van der Waals surface area contributed by atoms with Crippen molar-refractivity contribution in [1.82, 2.24) is 31.9 Å². The Hall–Kier alpha value is -1.15. The molecule has 3 aliphatic rings. The van der Waals surface area contributed by atoms with Crippen molar-refractivity contribution >= 4 is 23.7 Å². The number of rotatable bonds is 18. The molecule has 0 spiro atoms. The molecule has 3 fully saturated rings. The van der Waals surface area contributed by atoms with Crippen LogP contribution in [0, 0.1) is 0 Å². The van der Waals surface area contributed by atoms with Gasteiger partial charge < -0.3 is 30.2 Å². The predicted octanol–water partition coefficient (Wildman–Crippen LogP) is -0.0184. The second-order valence-corrected chi connectivity index (χ2v) is 10.1. The molecular weight excluding hydrogens is 460 g/mol. The van der Waals surface area contributed by atoms with Gasteiger partial charge in [-0.1, -0.05) is 13.3 Å². The zero-order valence-electron chi connectivity index (χ0n) is 20.3. The van der Waals surface area contributed by atoms with Crippen molar-refractivity contribution in [3.8, 4) is 0 Å². The van der Waals surface area contributed by atoms with Crippen LogP contribution in [0.15, 0.2) is 0 Å². The highest BCUT2D eigenvalue weighted by atomic mass is 32.2. The lowest BCUT2D eigenvalue weighted by Gasteiger charge is -2.16. The quantitative estimate of drug-likeness (QED) is 0.130. The Morgan fingerprint density at radius 2 is 1.85 bits per heavy atom. The molecule has 0 aliphatic carbocycles. The summed E-state index contributed by atoms with van der Waals surface area (Å²) in [6, 6.07) is 0.961. The van der Waals surface area contributed by atoms with Crippen molar-refractivity contribution in [2.75, 3.05) is 65.0 Å². The molecule has 12 heteroatoms. The summed E-state index contributed by atoms with van der Waals surface area (Å²) in [7, 11) is 0. The molecule has 0 aromatic carbocycles. The van der Waals surface area contributed by atoms with Crippen molar-refractivity contribution in [1.29, 1.82) is 0 Å². The van der Waals surface area contributed by atoms with Crippen LogP contribution in [0.2, 0.25) is 0 Å². The van der Waals surface area contributed by atoms with Gasteiger partial charge in [0.2, 0.25) is 5.91 Å². The zero-order chi connectivity index (χ0) is 24.0. The summed E-state index contributed by atoms with van der Waals surface area (Å²) >= 11 is 1.91. The number of amides is 3. The van der Waals surface area contributed by atoms with Crippen LogP contribution in [-0.4, -0.2) is 105 Å². The van der Waals surface area contributed by atoms with Crippen LogP contribution >= 0.6 is 11.8 Å².